The van der Waals surface area contributed by atoms with Gasteiger partial charge < -0.3 is 24.7 Å². The molecule has 4 aromatic rings. The summed E-state index contributed by atoms with van der Waals surface area (Å²) in [6.45, 7) is 13.4. The number of benzene rings is 2. The van der Waals surface area contributed by atoms with E-state index in [-0.39, 0.29) is 50.6 Å². The number of carbonyl (C=O) groups excluding carboxylic acids is 1. The molecule has 26 heteroatoms. The molecule has 0 aliphatic carbocycles. The molecule has 0 spiro atoms. The van der Waals surface area contributed by atoms with E-state index >= 15 is 4.39 Å². The molecule has 0 saturated heterocycles. The number of aromatic nitrogens is 4. The van der Waals surface area contributed by atoms with Gasteiger partial charge in [-0.2, -0.15) is 26.3 Å². The Morgan fingerprint density at radius 3 is 1.56 bits per heavy atom. The van der Waals surface area contributed by atoms with E-state index in [2.05, 4.69) is 49.6 Å². The molecule has 0 fully saturated rings. The monoisotopic (exact) mass is 1120 g/mol. The van der Waals surface area contributed by atoms with Crippen LogP contribution in [0.2, 0.25) is 36.0 Å². The van der Waals surface area contributed by atoms with Gasteiger partial charge in [0.15, 0.2) is 17.5 Å². The van der Waals surface area contributed by atoms with E-state index < -0.39 is 109 Å². The summed E-state index contributed by atoms with van der Waals surface area (Å²) in [6.07, 6.45) is -4.32. The zero-order valence-corrected chi connectivity index (χ0v) is 44.8. The topological polar surface area (TPSA) is 160 Å². The maximum Gasteiger partial charge on any atom is 0.424 e. The van der Waals surface area contributed by atoms with E-state index in [1.54, 1.807) is 20.8 Å². The first-order valence-electron chi connectivity index (χ1n) is 22.7. The van der Waals surface area contributed by atoms with Crippen molar-refractivity contribution in [3.8, 4) is 0 Å². The molecule has 2 aromatic carbocycles. The standard InChI is InChI=1S/C30H38ClF5N4O4Si.C19H16ClF5N4O/c1-27(2,3)44-26(41)40(18-42-11-12-45(6,7)8)25-29(5,30(34,35)36)43-17-28(4,39-25)20-13-19(9-10-21(20)32)14-22(33)23-15-38-24(31)16-37-23;1-17(9-30-18(2,16(26)29-17)19(23,24)25)11-5-10(3-4-12(11)21)6-13(22)14-7-28-15(20)8-27-14/h9-10,13-16H,11-12,17-18H2,1-8H3;3-8H,9H2,1-2H3,(H2,26,29)/b22-14-;13-6-/t28-,29+;17-,18+/m00/s1. The molecule has 4 atom stereocenters. The number of nitrogens with zero attached hydrogens (tertiary/aromatic N) is 7. The smallest absolute Gasteiger partial charge is 0.424 e. The minimum Gasteiger partial charge on any atom is -0.443 e. The highest BCUT2D eigenvalue weighted by molar-refractivity contribution is 6.76. The van der Waals surface area contributed by atoms with Crippen LogP contribution < -0.4 is 5.73 Å². The van der Waals surface area contributed by atoms with Crippen LogP contribution in [0.5, 0.6) is 0 Å². The first-order chi connectivity index (χ1) is 34.4. The van der Waals surface area contributed by atoms with Crippen LogP contribution in [0.4, 0.5) is 48.7 Å². The normalized spacial score (nSPS) is 22.9. The van der Waals surface area contributed by atoms with E-state index in [1.807, 2.05) is 0 Å². The predicted molar refractivity (Wildman–Crippen MR) is 266 cm³/mol. The molecule has 13 nitrogen and oxygen atoms in total. The third kappa shape index (κ3) is 14.7. The fourth-order valence-corrected chi connectivity index (χ4v) is 7.92. The number of rotatable bonds is 11. The average molecular weight is 1120 g/mol. The number of halogens is 12. The molecule has 4 heterocycles. The number of hydrogen-bond donors (Lipinski definition) is 1. The molecular weight excluding hydrogens is 1070 g/mol. The lowest BCUT2D eigenvalue weighted by Crippen LogP contribution is -2.63. The van der Waals surface area contributed by atoms with Crippen LogP contribution in [0.3, 0.4) is 0 Å². The maximum atomic E-state index is 15.4. The Morgan fingerprint density at radius 1 is 0.733 bits per heavy atom. The summed E-state index contributed by atoms with van der Waals surface area (Å²) < 4.78 is 165. The van der Waals surface area contributed by atoms with Crippen molar-refractivity contribution in [2.45, 2.75) is 114 Å². The third-order valence-electron chi connectivity index (χ3n) is 11.5. The second-order valence-electron chi connectivity index (χ2n) is 20.3. The summed E-state index contributed by atoms with van der Waals surface area (Å²) in [5.74, 6) is -4.87. The number of nitrogens with two attached hydrogens (primary N) is 1. The van der Waals surface area contributed by atoms with Gasteiger partial charge >= 0.3 is 18.4 Å². The molecule has 2 aliphatic heterocycles. The zero-order valence-electron chi connectivity index (χ0n) is 42.2. The number of amidine groups is 2. The van der Waals surface area contributed by atoms with Gasteiger partial charge in [-0.15, -0.1) is 0 Å². The molecule has 0 bridgehead atoms. The summed E-state index contributed by atoms with van der Waals surface area (Å²) in [4.78, 5) is 37.5. The number of aliphatic imine (C=N–C) groups is 2. The van der Waals surface area contributed by atoms with Gasteiger partial charge in [0.1, 0.15) is 62.6 Å². The van der Waals surface area contributed by atoms with Crippen LogP contribution in [-0.2, 0) is 30.0 Å². The molecule has 2 N–H and O–H groups in total. The van der Waals surface area contributed by atoms with Gasteiger partial charge in [-0.05, 0) is 102 Å². The lowest BCUT2D eigenvalue weighted by molar-refractivity contribution is -0.252. The van der Waals surface area contributed by atoms with E-state index in [1.165, 1.54) is 38.1 Å². The summed E-state index contributed by atoms with van der Waals surface area (Å²) in [6, 6.07) is 7.83. The summed E-state index contributed by atoms with van der Waals surface area (Å²) in [5.41, 5.74) is -4.87. The molecule has 2 aromatic heterocycles. The van der Waals surface area contributed by atoms with Crippen LogP contribution in [0.15, 0.2) is 71.2 Å². The highest BCUT2D eigenvalue weighted by Crippen LogP contribution is 2.45. The van der Waals surface area contributed by atoms with E-state index in [9.17, 15) is 44.3 Å². The van der Waals surface area contributed by atoms with Gasteiger partial charge in [-0.25, -0.2) is 47.2 Å². The Bertz CT molecular complexity index is 2850. The quantitative estimate of drug-likeness (QED) is 0.0663. The Kier molecular flexibility index (Phi) is 18.2. The van der Waals surface area contributed by atoms with E-state index in [0.29, 0.717) is 10.9 Å². The van der Waals surface area contributed by atoms with Gasteiger partial charge in [0.05, 0.1) is 38.0 Å². The molecule has 6 rings (SSSR count). The van der Waals surface area contributed by atoms with Crippen LogP contribution in [0.1, 0.15) is 82.1 Å². The second kappa shape index (κ2) is 22.6. The molecule has 0 radical (unpaired) electrons. The maximum absolute atomic E-state index is 15.4. The van der Waals surface area contributed by atoms with Crippen LogP contribution in [0.25, 0.3) is 23.8 Å². The fraction of sp³-hybridized carbons (Fsp3) is 0.449. The minimum absolute atomic E-state index is 0.0576. The number of hydrogen-bond acceptors (Lipinski definition) is 12. The van der Waals surface area contributed by atoms with Crippen molar-refractivity contribution in [2.75, 3.05) is 26.6 Å². The first-order valence-corrected chi connectivity index (χ1v) is 27.1. The van der Waals surface area contributed by atoms with Gasteiger partial charge in [-0.3, -0.25) is 9.98 Å². The summed E-state index contributed by atoms with van der Waals surface area (Å²) in [7, 11) is -1.59. The van der Waals surface area contributed by atoms with Crippen molar-refractivity contribution in [3.63, 3.8) is 0 Å². The Labute approximate surface area is 437 Å². The lowest BCUT2D eigenvalue weighted by atomic mass is 9.88. The number of ether oxygens (including phenoxy) is 4. The van der Waals surface area contributed by atoms with Crippen LogP contribution in [0, 0.1) is 11.6 Å². The molecule has 75 heavy (non-hydrogen) atoms. The van der Waals surface area contributed by atoms with Gasteiger partial charge in [-0.1, -0.05) is 55.0 Å². The fourth-order valence-electron chi connectivity index (χ4n) is 6.97. The Balaban J connectivity index is 0.000000300. The zero-order chi connectivity index (χ0) is 56.3. The van der Waals surface area contributed by atoms with Crippen molar-refractivity contribution in [3.05, 3.63) is 117 Å². The molecule has 408 valence electrons. The van der Waals surface area contributed by atoms with E-state index in [4.69, 9.17) is 47.9 Å². The van der Waals surface area contributed by atoms with Crippen molar-refractivity contribution >= 4 is 72.8 Å². The van der Waals surface area contributed by atoms with E-state index in [0.717, 1.165) is 62.9 Å². The minimum atomic E-state index is -5.04. The third-order valence-corrected chi connectivity index (χ3v) is 13.6. The first kappa shape index (κ1) is 60.3. The number of amides is 1. The molecule has 0 unspecified atom stereocenters. The molecular formula is C49H54Cl2F10N8O5Si. The average Bonchev–Trinajstić information content (AvgIpc) is 3.29. The Hall–Kier alpha value is -5.53. The van der Waals surface area contributed by atoms with Crippen molar-refractivity contribution in [2.24, 2.45) is 15.7 Å². The SMILES string of the molecule is CC(C)(C)OC(=O)N(COCC[Si](C)(C)C)C1=N[C@](C)(c2cc(/C=C(\F)c3cnc(Cl)cn3)ccc2F)CO[C@@]1(C)C(F)(F)F.C[C@@]1(c2cc(/C=C(\F)c3cnc(Cl)cn3)ccc2F)CO[C@@](C)(C(F)(F)F)C(N)=N1. The predicted octanol–water partition coefficient (Wildman–Crippen LogP) is 12.9. The van der Waals surface area contributed by atoms with Gasteiger partial charge in [0, 0.05) is 25.8 Å². The summed E-state index contributed by atoms with van der Waals surface area (Å²) >= 11 is 11.3. The second-order valence-corrected chi connectivity index (χ2v) is 26.7. The number of alkyl halides is 6. The van der Waals surface area contributed by atoms with Crippen molar-refractivity contribution in [1.82, 2.24) is 24.8 Å². The number of carbonyl (C=O) groups is 1. The summed E-state index contributed by atoms with van der Waals surface area (Å²) in [5, 5.41) is 0.143. The van der Waals surface area contributed by atoms with Crippen molar-refractivity contribution in [1.29, 1.82) is 0 Å². The van der Waals surface area contributed by atoms with Crippen LogP contribution >= 0.6 is 23.2 Å². The highest BCUT2D eigenvalue weighted by Gasteiger charge is 2.62. The molecule has 1 amide bonds. The Morgan fingerprint density at radius 2 is 1.17 bits per heavy atom. The molecule has 2 aliphatic rings. The lowest BCUT2D eigenvalue weighted by Gasteiger charge is -2.45. The van der Waals surface area contributed by atoms with Crippen molar-refractivity contribution < 1.29 is 67.6 Å². The van der Waals surface area contributed by atoms with Crippen LogP contribution in [-0.4, -0.2) is 106 Å². The largest absolute Gasteiger partial charge is 0.443 e. The highest BCUT2D eigenvalue weighted by atomic mass is 35.5. The molecule has 0 saturated carbocycles. The van der Waals surface area contributed by atoms with Gasteiger partial charge in [0.2, 0.25) is 11.2 Å². The van der Waals surface area contributed by atoms with Gasteiger partial charge in [0.25, 0.3) is 0 Å².